The average Bonchev–Trinajstić information content (AvgIpc) is 2.46. The lowest BCUT2D eigenvalue weighted by atomic mass is 10.1. The highest BCUT2D eigenvalue weighted by Gasteiger charge is 2.33. The number of amides is 1. The van der Waals surface area contributed by atoms with Gasteiger partial charge in [-0.25, -0.2) is 4.79 Å². The minimum Gasteiger partial charge on any atom is -0.479 e. The van der Waals surface area contributed by atoms with Crippen molar-refractivity contribution in [1.82, 2.24) is 4.90 Å². The molecule has 1 heterocycles. The summed E-state index contributed by atoms with van der Waals surface area (Å²) < 4.78 is 5.25. The van der Waals surface area contributed by atoms with Crippen LogP contribution >= 0.6 is 0 Å². The van der Waals surface area contributed by atoms with Crippen molar-refractivity contribution in [3.63, 3.8) is 0 Å². The van der Waals surface area contributed by atoms with E-state index in [1.54, 1.807) is 13.8 Å². The molecule has 0 aliphatic carbocycles. The van der Waals surface area contributed by atoms with Crippen LogP contribution < -0.4 is 0 Å². The van der Waals surface area contributed by atoms with Crippen LogP contribution in [0.25, 0.3) is 0 Å². The molecular weight excluding hydrogens is 292 g/mol. The maximum absolute atomic E-state index is 12.6. The Morgan fingerprint density at radius 1 is 1.41 bits per heavy atom. The van der Waals surface area contributed by atoms with Gasteiger partial charge in [0.15, 0.2) is 6.10 Å². The second-order valence-electron chi connectivity index (χ2n) is 5.24. The molecule has 118 valence electrons. The summed E-state index contributed by atoms with van der Waals surface area (Å²) in [6, 6.07) is 4.05. The number of aryl methyl sites for hydroxylation is 1. The highest BCUT2D eigenvalue weighted by atomic mass is 16.6. The number of benzene rings is 1. The molecule has 1 N–H and O–H groups in total. The minimum atomic E-state index is -1.14. The van der Waals surface area contributed by atoms with Crippen molar-refractivity contribution in [1.29, 1.82) is 0 Å². The highest BCUT2D eigenvalue weighted by molar-refractivity contribution is 5.96. The number of non-ortho nitro benzene ring substituents is 1. The third kappa shape index (κ3) is 3.22. The number of morpholine rings is 1. The van der Waals surface area contributed by atoms with Crippen LogP contribution in [0.3, 0.4) is 0 Å². The molecule has 1 unspecified atom stereocenters. The van der Waals surface area contributed by atoms with Crippen LogP contribution in [0.2, 0.25) is 0 Å². The maximum Gasteiger partial charge on any atom is 0.334 e. The Kier molecular flexibility index (Phi) is 4.41. The normalized spacial score (nSPS) is 21.5. The van der Waals surface area contributed by atoms with Gasteiger partial charge in [-0.3, -0.25) is 14.9 Å². The Morgan fingerprint density at radius 3 is 2.68 bits per heavy atom. The van der Waals surface area contributed by atoms with E-state index in [-0.39, 0.29) is 24.3 Å². The number of rotatable bonds is 3. The number of carboxylic acids is 1. The highest BCUT2D eigenvalue weighted by Crippen LogP contribution is 2.21. The molecular formula is C14H16N2O6. The van der Waals surface area contributed by atoms with Crippen LogP contribution in [-0.4, -0.2) is 52.1 Å². The van der Waals surface area contributed by atoms with E-state index in [2.05, 4.69) is 0 Å². The van der Waals surface area contributed by atoms with E-state index < -0.39 is 29.0 Å². The van der Waals surface area contributed by atoms with Crippen LogP contribution in [-0.2, 0) is 9.53 Å². The van der Waals surface area contributed by atoms with Gasteiger partial charge in [-0.05, 0) is 19.4 Å². The number of carbonyl (C=O) groups excluding carboxylic acids is 1. The molecule has 8 heteroatoms. The fraction of sp³-hybridized carbons (Fsp3) is 0.429. The predicted molar refractivity (Wildman–Crippen MR) is 75.7 cm³/mol. The molecule has 1 aromatic carbocycles. The summed E-state index contributed by atoms with van der Waals surface area (Å²) in [5.41, 5.74) is 0.624. The smallest absolute Gasteiger partial charge is 0.334 e. The molecule has 1 amide bonds. The maximum atomic E-state index is 12.6. The van der Waals surface area contributed by atoms with Crippen molar-refractivity contribution in [2.75, 3.05) is 13.1 Å². The number of nitrogens with zero attached hydrogens (tertiary/aromatic N) is 2. The van der Waals surface area contributed by atoms with Gasteiger partial charge in [-0.1, -0.05) is 6.07 Å². The summed E-state index contributed by atoms with van der Waals surface area (Å²) in [6.07, 6.45) is -1.51. The number of ether oxygens (including phenoxy) is 1. The van der Waals surface area contributed by atoms with Crippen molar-refractivity contribution in [2.45, 2.75) is 26.1 Å². The Morgan fingerprint density at radius 2 is 2.09 bits per heavy atom. The van der Waals surface area contributed by atoms with Crippen molar-refractivity contribution in [2.24, 2.45) is 0 Å². The van der Waals surface area contributed by atoms with Gasteiger partial charge in [0.25, 0.3) is 11.6 Å². The minimum absolute atomic E-state index is 0.0827. The van der Waals surface area contributed by atoms with Crippen LogP contribution in [0, 0.1) is 17.0 Å². The quantitative estimate of drug-likeness (QED) is 0.664. The van der Waals surface area contributed by atoms with Crippen molar-refractivity contribution in [3.8, 4) is 0 Å². The van der Waals surface area contributed by atoms with E-state index in [1.807, 2.05) is 0 Å². The average molecular weight is 308 g/mol. The summed E-state index contributed by atoms with van der Waals surface area (Å²) in [7, 11) is 0. The molecule has 8 nitrogen and oxygen atoms in total. The number of hydrogen-bond donors (Lipinski definition) is 1. The van der Waals surface area contributed by atoms with Crippen molar-refractivity contribution in [3.05, 3.63) is 39.4 Å². The molecule has 0 saturated carbocycles. The summed E-state index contributed by atoms with van der Waals surface area (Å²) in [6.45, 7) is 3.51. The first-order chi connectivity index (χ1) is 10.3. The lowest BCUT2D eigenvalue weighted by molar-refractivity contribution is -0.384. The number of nitro groups is 1. The molecule has 22 heavy (non-hydrogen) atoms. The zero-order chi connectivity index (χ0) is 16.4. The fourth-order valence-corrected chi connectivity index (χ4v) is 2.38. The second kappa shape index (κ2) is 6.10. The predicted octanol–water partition coefficient (Wildman–Crippen LogP) is 1.22. The largest absolute Gasteiger partial charge is 0.479 e. The van der Waals surface area contributed by atoms with Crippen molar-refractivity contribution < 1.29 is 24.4 Å². The molecule has 0 spiro atoms. The van der Waals surface area contributed by atoms with E-state index in [0.29, 0.717) is 5.56 Å². The molecule has 1 aliphatic heterocycles. The first-order valence-electron chi connectivity index (χ1n) is 6.72. The van der Waals surface area contributed by atoms with Crippen molar-refractivity contribution >= 4 is 17.6 Å². The molecule has 1 saturated heterocycles. The summed E-state index contributed by atoms with van der Waals surface area (Å²) in [5, 5.41) is 19.9. The van der Waals surface area contributed by atoms with Gasteiger partial charge in [-0.15, -0.1) is 0 Å². The molecule has 0 aromatic heterocycles. The molecule has 1 aliphatic rings. The van der Waals surface area contributed by atoms with Gasteiger partial charge < -0.3 is 14.7 Å². The lowest BCUT2D eigenvalue weighted by Gasteiger charge is -2.35. The van der Waals surface area contributed by atoms with Crippen LogP contribution in [0.4, 0.5) is 5.69 Å². The molecule has 0 bridgehead atoms. The number of hydrogen-bond acceptors (Lipinski definition) is 5. The first-order valence-corrected chi connectivity index (χ1v) is 6.72. The zero-order valence-electron chi connectivity index (χ0n) is 12.2. The topological polar surface area (TPSA) is 110 Å². The Bertz CT molecular complexity index is 630. The number of nitro benzene ring substituents is 1. The van der Waals surface area contributed by atoms with E-state index in [9.17, 15) is 19.7 Å². The Labute approximate surface area is 126 Å². The van der Waals surface area contributed by atoms with E-state index in [0.717, 1.165) is 0 Å². The number of aliphatic carboxylic acids is 1. The van der Waals surface area contributed by atoms with Gasteiger partial charge in [0, 0.05) is 24.2 Å². The van der Waals surface area contributed by atoms with Gasteiger partial charge in [0.2, 0.25) is 0 Å². The Hall–Kier alpha value is -2.48. The third-order valence-corrected chi connectivity index (χ3v) is 3.49. The number of carbonyl (C=O) groups is 2. The third-order valence-electron chi connectivity index (χ3n) is 3.49. The van der Waals surface area contributed by atoms with Crippen LogP contribution in [0.15, 0.2) is 18.2 Å². The molecule has 2 atom stereocenters. The summed E-state index contributed by atoms with van der Waals surface area (Å²) >= 11 is 0. The zero-order valence-corrected chi connectivity index (χ0v) is 12.2. The van der Waals surface area contributed by atoms with Crippen LogP contribution in [0.1, 0.15) is 22.8 Å². The second-order valence-corrected chi connectivity index (χ2v) is 5.24. The Balaban J connectivity index is 2.29. The number of carboxylic acid groups (broad SMARTS) is 1. The van der Waals surface area contributed by atoms with Gasteiger partial charge in [0.05, 0.1) is 17.6 Å². The molecule has 2 rings (SSSR count). The van der Waals surface area contributed by atoms with Gasteiger partial charge >= 0.3 is 5.97 Å². The molecule has 1 fully saturated rings. The van der Waals surface area contributed by atoms with E-state index in [1.165, 1.54) is 23.1 Å². The molecule has 0 radical (unpaired) electrons. The lowest BCUT2D eigenvalue weighted by Crippen LogP contribution is -2.51. The summed E-state index contributed by atoms with van der Waals surface area (Å²) in [4.78, 5) is 35.3. The van der Waals surface area contributed by atoms with E-state index >= 15 is 0 Å². The molecule has 1 aromatic rings. The SMILES string of the molecule is Cc1ccc([N+](=O)[O-])cc1C(=O)N1CC(C(=O)O)O[C@H](C)C1. The van der Waals surface area contributed by atoms with Gasteiger partial charge in [-0.2, -0.15) is 0 Å². The van der Waals surface area contributed by atoms with Crippen LogP contribution in [0.5, 0.6) is 0 Å². The summed E-state index contributed by atoms with van der Waals surface area (Å²) in [5.74, 6) is -1.57. The van der Waals surface area contributed by atoms with Gasteiger partial charge in [0.1, 0.15) is 0 Å². The fourth-order valence-electron chi connectivity index (χ4n) is 2.38. The van der Waals surface area contributed by atoms with E-state index in [4.69, 9.17) is 9.84 Å². The monoisotopic (exact) mass is 308 g/mol. The standard InChI is InChI=1S/C14H16N2O6/c1-8-3-4-10(16(20)21)5-11(8)13(17)15-6-9(2)22-12(7-15)14(18)19/h3-5,9,12H,6-7H2,1-2H3,(H,18,19)/t9-,12?/m1/s1. The first kappa shape index (κ1) is 15.9.